The first kappa shape index (κ1) is 15.6. The summed E-state index contributed by atoms with van der Waals surface area (Å²) in [5, 5.41) is 10.1. The monoisotopic (exact) mass is 323 g/mol. The maximum absolute atomic E-state index is 12.6. The molecule has 24 heavy (non-hydrogen) atoms. The predicted molar refractivity (Wildman–Crippen MR) is 90.2 cm³/mol. The number of hydrogen-bond donors (Lipinski definition) is 2. The lowest BCUT2D eigenvalue weighted by Crippen LogP contribution is -2.17. The highest BCUT2D eigenvalue weighted by Crippen LogP contribution is 2.22. The fourth-order valence-electron chi connectivity index (χ4n) is 2.15. The summed E-state index contributed by atoms with van der Waals surface area (Å²) in [7, 11) is 1.78. The Bertz CT molecular complexity index is 888. The molecule has 0 aliphatic heterocycles. The number of aryl methyl sites for hydroxylation is 3. The topological polar surface area (TPSA) is 97.6 Å². The van der Waals surface area contributed by atoms with E-state index in [0.29, 0.717) is 11.5 Å². The number of anilines is 3. The Balaban J connectivity index is 1.90. The number of pyridine rings is 1. The van der Waals surface area contributed by atoms with Crippen LogP contribution in [0.25, 0.3) is 0 Å². The van der Waals surface area contributed by atoms with Crippen LogP contribution in [-0.2, 0) is 7.05 Å². The number of amides is 1. The third kappa shape index (κ3) is 3.37. The summed E-state index contributed by atoms with van der Waals surface area (Å²) in [6, 6.07) is 5.36. The van der Waals surface area contributed by atoms with Crippen molar-refractivity contribution in [3.05, 3.63) is 54.0 Å². The van der Waals surface area contributed by atoms with E-state index in [4.69, 9.17) is 0 Å². The van der Waals surface area contributed by atoms with Crippen molar-refractivity contribution in [2.45, 2.75) is 13.8 Å². The Hall–Kier alpha value is -3.29. The number of hydrogen-bond acceptors (Lipinski definition) is 6. The van der Waals surface area contributed by atoms with Crippen molar-refractivity contribution in [3.63, 3.8) is 0 Å². The zero-order valence-corrected chi connectivity index (χ0v) is 13.6. The first-order valence-corrected chi connectivity index (χ1v) is 7.35. The fourth-order valence-corrected chi connectivity index (χ4v) is 2.15. The molecule has 0 atom stereocenters. The molecule has 8 heteroatoms. The van der Waals surface area contributed by atoms with Gasteiger partial charge in [-0.1, -0.05) is 0 Å². The van der Waals surface area contributed by atoms with Crippen molar-refractivity contribution in [2.24, 2.45) is 7.05 Å². The lowest BCUT2D eigenvalue weighted by molar-refractivity contribution is 0.102. The van der Waals surface area contributed by atoms with E-state index in [2.05, 4.69) is 30.7 Å². The molecule has 8 nitrogen and oxygen atoms in total. The molecule has 0 radical (unpaired) electrons. The summed E-state index contributed by atoms with van der Waals surface area (Å²) in [5.41, 5.74) is 3.10. The van der Waals surface area contributed by atoms with Gasteiger partial charge in [0.05, 0.1) is 23.3 Å². The van der Waals surface area contributed by atoms with Crippen LogP contribution in [0.5, 0.6) is 0 Å². The van der Waals surface area contributed by atoms with Crippen molar-refractivity contribution in [1.82, 2.24) is 24.7 Å². The molecule has 0 saturated carbocycles. The smallest absolute Gasteiger partial charge is 0.277 e. The van der Waals surface area contributed by atoms with Crippen LogP contribution in [-0.4, -0.2) is 30.6 Å². The molecule has 0 aliphatic rings. The lowest BCUT2D eigenvalue weighted by atomic mass is 10.2. The molecule has 1 amide bonds. The zero-order valence-electron chi connectivity index (χ0n) is 13.6. The molecule has 3 aromatic heterocycles. The normalized spacial score (nSPS) is 10.5. The maximum atomic E-state index is 12.6. The van der Waals surface area contributed by atoms with Crippen LogP contribution in [0.3, 0.4) is 0 Å². The van der Waals surface area contributed by atoms with Crippen LogP contribution < -0.4 is 10.6 Å². The Morgan fingerprint density at radius 1 is 1.17 bits per heavy atom. The molecule has 0 saturated heterocycles. The van der Waals surface area contributed by atoms with E-state index < -0.39 is 0 Å². The average molecular weight is 323 g/mol. The van der Waals surface area contributed by atoms with Gasteiger partial charge in [0, 0.05) is 25.0 Å². The Morgan fingerprint density at radius 3 is 2.71 bits per heavy atom. The molecule has 0 aliphatic carbocycles. The number of carbonyl (C=O) groups is 1. The Morgan fingerprint density at radius 2 is 2.00 bits per heavy atom. The van der Waals surface area contributed by atoms with Crippen molar-refractivity contribution in [3.8, 4) is 0 Å². The molecule has 0 bridgehead atoms. The molecule has 3 aromatic rings. The fraction of sp³-hybridized carbons (Fsp3) is 0.188. The molecule has 0 unspecified atom stereocenters. The third-order valence-electron chi connectivity index (χ3n) is 3.39. The second-order valence-electron chi connectivity index (χ2n) is 5.32. The third-order valence-corrected chi connectivity index (χ3v) is 3.39. The second kappa shape index (κ2) is 6.45. The van der Waals surface area contributed by atoms with Gasteiger partial charge in [-0.2, -0.15) is 5.10 Å². The average Bonchev–Trinajstić information content (AvgIpc) is 2.96. The van der Waals surface area contributed by atoms with Crippen molar-refractivity contribution in [2.75, 3.05) is 10.6 Å². The molecule has 122 valence electrons. The van der Waals surface area contributed by atoms with Gasteiger partial charge >= 0.3 is 0 Å². The maximum Gasteiger partial charge on any atom is 0.277 e. The van der Waals surface area contributed by atoms with Crippen molar-refractivity contribution >= 4 is 23.1 Å². The molecule has 3 heterocycles. The summed E-state index contributed by atoms with van der Waals surface area (Å²) in [5.74, 6) is 0.130. The van der Waals surface area contributed by atoms with Crippen LogP contribution >= 0.6 is 0 Å². The summed E-state index contributed by atoms with van der Waals surface area (Å²) in [4.78, 5) is 25.1. The van der Waals surface area contributed by atoms with Crippen LogP contribution in [0.1, 0.15) is 21.9 Å². The largest absolute Gasteiger partial charge is 0.351 e. The van der Waals surface area contributed by atoms with E-state index in [1.165, 1.54) is 6.33 Å². The predicted octanol–water partition coefficient (Wildman–Crippen LogP) is 2.22. The molecular formula is C16H17N7O. The zero-order chi connectivity index (χ0) is 17.1. The van der Waals surface area contributed by atoms with E-state index in [1.54, 1.807) is 30.2 Å². The number of aromatic nitrogens is 5. The van der Waals surface area contributed by atoms with E-state index in [9.17, 15) is 4.79 Å². The summed E-state index contributed by atoms with van der Waals surface area (Å²) in [6.45, 7) is 3.69. The highest BCUT2D eigenvalue weighted by Gasteiger charge is 2.16. The van der Waals surface area contributed by atoms with Gasteiger partial charge in [-0.15, -0.1) is 0 Å². The highest BCUT2D eigenvalue weighted by molar-refractivity contribution is 6.06. The molecule has 0 spiro atoms. The minimum Gasteiger partial charge on any atom is -0.351 e. The second-order valence-corrected chi connectivity index (χ2v) is 5.32. The lowest BCUT2D eigenvalue weighted by Gasteiger charge is -2.12. The van der Waals surface area contributed by atoms with Gasteiger partial charge in [-0.25, -0.2) is 15.0 Å². The Labute approximate surface area is 139 Å². The van der Waals surface area contributed by atoms with Gasteiger partial charge in [0.25, 0.3) is 5.91 Å². The van der Waals surface area contributed by atoms with Crippen LogP contribution in [0.2, 0.25) is 0 Å². The quantitative estimate of drug-likeness (QED) is 0.764. The Kier molecular flexibility index (Phi) is 4.19. The highest BCUT2D eigenvalue weighted by atomic mass is 16.2. The number of rotatable bonds is 4. The van der Waals surface area contributed by atoms with Crippen LogP contribution in [0.4, 0.5) is 17.2 Å². The summed E-state index contributed by atoms with van der Waals surface area (Å²) < 4.78 is 1.61. The molecule has 2 N–H and O–H groups in total. The van der Waals surface area contributed by atoms with E-state index in [-0.39, 0.29) is 11.6 Å². The summed E-state index contributed by atoms with van der Waals surface area (Å²) >= 11 is 0. The van der Waals surface area contributed by atoms with Gasteiger partial charge in [0.1, 0.15) is 6.33 Å². The molecule has 0 fully saturated rings. The number of carbonyl (C=O) groups excluding carboxylic acids is 1. The van der Waals surface area contributed by atoms with Crippen molar-refractivity contribution in [1.29, 1.82) is 0 Å². The van der Waals surface area contributed by atoms with Gasteiger partial charge < -0.3 is 10.6 Å². The van der Waals surface area contributed by atoms with Gasteiger partial charge in [0.2, 0.25) is 0 Å². The van der Waals surface area contributed by atoms with E-state index >= 15 is 0 Å². The molecular weight excluding hydrogens is 306 g/mol. The van der Waals surface area contributed by atoms with Crippen LogP contribution in [0, 0.1) is 13.8 Å². The van der Waals surface area contributed by atoms with Gasteiger partial charge in [-0.05, 0) is 26.0 Å². The van der Waals surface area contributed by atoms with E-state index in [0.717, 1.165) is 17.1 Å². The molecule has 0 aromatic carbocycles. The van der Waals surface area contributed by atoms with Gasteiger partial charge in [0.15, 0.2) is 11.5 Å². The standard InChI is InChI=1S/C16H17N7O/c1-10-4-5-12(20-13-8-17-9-18-11(13)2)15(19-10)16(24)21-14-6-7-23(3)22-14/h4-9,20H,1-3H3,(H,21,22,24). The van der Waals surface area contributed by atoms with Crippen LogP contribution in [0.15, 0.2) is 36.9 Å². The first-order chi connectivity index (χ1) is 11.5. The van der Waals surface area contributed by atoms with Gasteiger partial charge in [-0.3, -0.25) is 9.48 Å². The van der Waals surface area contributed by atoms with Crippen molar-refractivity contribution < 1.29 is 4.79 Å². The number of nitrogens with one attached hydrogen (secondary N) is 2. The number of nitrogens with zero attached hydrogens (tertiary/aromatic N) is 5. The summed E-state index contributed by atoms with van der Waals surface area (Å²) in [6.07, 6.45) is 4.88. The molecule has 3 rings (SSSR count). The first-order valence-electron chi connectivity index (χ1n) is 7.35. The van der Waals surface area contributed by atoms with E-state index in [1.807, 2.05) is 26.0 Å². The SMILES string of the molecule is Cc1ccc(Nc2cncnc2C)c(C(=O)Nc2ccn(C)n2)n1. The minimum absolute atomic E-state index is 0.281. The minimum atomic E-state index is -0.339.